The van der Waals surface area contributed by atoms with Gasteiger partial charge in [-0.25, -0.2) is 9.97 Å². The van der Waals surface area contributed by atoms with Crippen molar-refractivity contribution < 1.29 is 9.59 Å². The number of nitrogens with zero attached hydrogens (tertiary/aromatic N) is 2. The Morgan fingerprint density at radius 3 is 2.67 bits per heavy atom. The molecule has 4 heterocycles. The number of nitrogens with one attached hydrogen (secondary N) is 2. The Bertz CT molecular complexity index is 979. The van der Waals surface area contributed by atoms with Crippen LogP contribution in [0.5, 0.6) is 0 Å². The highest BCUT2D eigenvalue weighted by Gasteiger charge is 2.28. The van der Waals surface area contributed by atoms with Crippen LogP contribution in [0.1, 0.15) is 6.92 Å². The average molecular weight is 379 g/mol. The number of carbonyl (C=O) groups is 2. The fourth-order valence-corrected chi connectivity index (χ4v) is 4.13. The maximum atomic E-state index is 11.9. The van der Waals surface area contributed by atoms with Crippen LogP contribution in [-0.2, 0) is 9.59 Å². The molecule has 0 unspecified atom stereocenters. The Labute approximate surface area is 151 Å². The monoisotopic (exact) mass is 378 g/mol. The lowest BCUT2D eigenvalue weighted by molar-refractivity contribution is -0.124. The lowest BCUT2D eigenvalue weighted by Crippen LogP contribution is -2.24. The van der Waals surface area contributed by atoms with Gasteiger partial charge in [0.25, 0.3) is 11.8 Å². The van der Waals surface area contributed by atoms with Crippen LogP contribution >= 0.6 is 35.1 Å². The van der Waals surface area contributed by atoms with E-state index < -0.39 is 5.91 Å². The zero-order valence-corrected chi connectivity index (χ0v) is 14.8. The summed E-state index contributed by atoms with van der Waals surface area (Å²) in [5.74, 6) is -0.294. The highest BCUT2D eigenvalue weighted by Crippen LogP contribution is 2.38. The Morgan fingerprint density at radius 2 is 2.00 bits per heavy atom. The molecule has 0 spiro atoms. The predicted octanol–water partition coefficient (Wildman–Crippen LogP) is 3.18. The van der Waals surface area contributed by atoms with Gasteiger partial charge in [0.1, 0.15) is 22.7 Å². The minimum Gasteiger partial charge on any atom is -0.335 e. The van der Waals surface area contributed by atoms with E-state index in [2.05, 4.69) is 20.6 Å². The minimum absolute atomic E-state index is 0. The molecule has 0 radical (unpaired) electrons. The molecule has 3 aromatic rings. The molecule has 0 aromatic carbocycles. The summed E-state index contributed by atoms with van der Waals surface area (Å²) in [4.78, 5) is 34.0. The molecule has 2 N–H and O–H groups in total. The number of hydrogen-bond acceptors (Lipinski definition) is 7. The van der Waals surface area contributed by atoms with E-state index in [1.54, 1.807) is 18.3 Å². The Balaban J connectivity index is 0.00000169. The quantitative estimate of drug-likeness (QED) is 0.684. The zero-order chi connectivity index (χ0) is 16.0. The zero-order valence-electron chi connectivity index (χ0n) is 12.3. The van der Waals surface area contributed by atoms with Crippen molar-refractivity contribution in [2.45, 2.75) is 6.92 Å². The molecule has 1 aliphatic heterocycles. The Hall–Kier alpha value is -2.29. The van der Waals surface area contributed by atoms with Crippen molar-refractivity contribution in [3.8, 4) is 10.4 Å². The normalized spacial score (nSPS) is 14.0. The molecule has 2 amide bonds. The van der Waals surface area contributed by atoms with Gasteiger partial charge >= 0.3 is 0 Å². The van der Waals surface area contributed by atoms with Crippen LogP contribution in [0.15, 0.2) is 40.5 Å². The number of imide groups is 1. The maximum Gasteiger partial charge on any atom is 0.275 e. The van der Waals surface area contributed by atoms with E-state index in [-0.39, 0.29) is 24.0 Å². The Morgan fingerprint density at radius 1 is 1.17 bits per heavy atom. The second-order valence-corrected chi connectivity index (χ2v) is 6.74. The lowest BCUT2D eigenvalue weighted by atomic mass is 10.2. The third-order valence-corrected chi connectivity index (χ3v) is 5.36. The summed E-state index contributed by atoms with van der Waals surface area (Å²) >= 11 is 3.14. The van der Waals surface area contributed by atoms with E-state index in [9.17, 15) is 9.59 Å². The van der Waals surface area contributed by atoms with Crippen LogP contribution in [0.4, 0.5) is 5.82 Å². The van der Waals surface area contributed by atoms with Gasteiger partial charge in [0.15, 0.2) is 0 Å². The van der Waals surface area contributed by atoms with Crippen molar-refractivity contribution in [1.29, 1.82) is 0 Å². The molecule has 1 aliphatic rings. The van der Waals surface area contributed by atoms with Crippen molar-refractivity contribution in [1.82, 2.24) is 15.3 Å². The molecular formula is C15H11ClN4O2S2. The molecule has 4 rings (SSSR count). The van der Waals surface area contributed by atoms with Gasteiger partial charge in [-0.3, -0.25) is 14.9 Å². The van der Waals surface area contributed by atoms with Gasteiger partial charge < -0.3 is 5.32 Å². The molecule has 0 fully saturated rings. The van der Waals surface area contributed by atoms with E-state index in [1.165, 1.54) is 17.7 Å². The third-order valence-electron chi connectivity index (χ3n) is 3.57. The highest BCUT2D eigenvalue weighted by molar-refractivity contribution is 7.18. The van der Waals surface area contributed by atoms with E-state index in [1.807, 2.05) is 22.9 Å². The summed E-state index contributed by atoms with van der Waals surface area (Å²) in [5, 5.41) is 10.2. The smallest absolute Gasteiger partial charge is 0.275 e. The molecule has 3 aromatic heterocycles. The van der Waals surface area contributed by atoms with E-state index >= 15 is 0 Å². The number of carbonyl (C=O) groups excluding carboxylic acids is 2. The van der Waals surface area contributed by atoms with Crippen LogP contribution in [0, 0.1) is 0 Å². The van der Waals surface area contributed by atoms with E-state index in [0.717, 1.165) is 20.7 Å². The van der Waals surface area contributed by atoms with Crippen LogP contribution in [-0.4, -0.2) is 21.8 Å². The standard InChI is InChI=1S/C15H10N4O2S2.ClH/c1-7-11(14(21)19-13(7)20)18-12-10-8(9-3-2-4-22-9)5-23-15(10)17-6-16-12;/h2-6H,1H3,(H2,16,17,18,19,20,21);1H. The van der Waals surface area contributed by atoms with Gasteiger partial charge in [0.05, 0.1) is 5.39 Å². The molecule has 6 nitrogen and oxygen atoms in total. The van der Waals surface area contributed by atoms with E-state index in [4.69, 9.17) is 0 Å². The van der Waals surface area contributed by atoms with E-state index in [0.29, 0.717) is 11.4 Å². The summed E-state index contributed by atoms with van der Waals surface area (Å²) in [6.07, 6.45) is 1.45. The molecule has 0 bridgehead atoms. The number of hydrogen-bond donors (Lipinski definition) is 2. The first-order valence-electron chi connectivity index (χ1n) is 6.75. The maximum absolute atomic E-state index is 11.9. The summed E-state index contributed by atoms with van der Waals surface area (Å²) in [7, 11) is 0. The molecule has 0 atom stereocenters. The molecular weight excluding hydrogens is 368 g/mol. The third kappa shape index (κ3) is 2.58. The van der Waals surface area contributed by atoms with Gasteiger partial charge in [-0.2, -0.15) is 0 Å². The van der Waals surface area contributed by atoms with Crippen LogP contribution in [0.2, 0.25) is 0 Å². The molecule has 0 saturated heterocycles. The summed E-state index contributed by atoms with van der Waals surface area (Å²) in [6, 6.07) is 4.01. The fourth-order valence-electron chi connectivity index (χ4n) is 2.40. The summed E-state index contributed by atoms with van der Waals surface area (Å²) in [6.45, 7) is 1.61. The highest BCUT2D eigenvalue weighted by atomic mass is 35.5. The first kappa shape index (κ1) is 16.6. The second kappa shape index (κ2) is 6.31. The van der Waals surface area contributed by atoms with Gasteiger partial charge in [0.2, 0.25) is 0 Å². The SMILES string of the molecule is CC1=C(Nc2ncnc3scc(-c4cccs4)c23)C(=O)NC1=O.Cl. The number of thiophene rings is 2. The first-order valence-corrected chi connectivity index (χ1v) is 8.50. The van der Waals surface area contributed by atoms with Crippen LogP contribution in [0.3, 0.4) is 0 Å². The predicted molar refractivity (Wildman–Crippen MR) is 97.4 cm³/mol. The van der Waals surface area contributed by atoms with Crippen molar-refractivity contribution in [3.63, 3.8) is 0 Å². The average Bonchev–Trinajstić information content (AvgIpc) is 3.24. The van der Waals surface area contributed by atoms with Crippen molar-refractivity contribution in [2.75, 3.05) is 5.32 Å². The van der Waals surface area contributed by atoms with Crippen LogP contribution in [0.25, 0.3) is 20.7 Å². The van der Waals surface area contributed by atoms with Gasteiger partial charge in [0, 0.05) is 21.4 Å². The molecule has 0 aliphatic carbocycles. The van der Waals surface area contributed by atoms with Gasteiger partial charge in [-0.15, -0.1) is 35.1 Å². The van der Waals surface area contributed by atoms with Crippen molar-refractivity contribution in [3.05, 3.63) is 40.5 Å². The number of anilines is 1. The van der Waals surface area contributed by atoms with Crippen molar-refractivity contribution >= 4 is 62.9 Å². The number of halogens is 1. The van der Waals surface area contributed by atoms with Gasteiger partial charge in [-0.1, -0.05) is 6.07 Å². The van der Waals surface area contributed by atoms with Crippen molar-refractivity contribution in [2.24, 2.45) is 0 Å². The lowest BCUT2D eigenvalue weighted by Gasteiger charge is -2.07. The molecule has 122 valence electrons. The van der Waals surface area contributed by atoms with Gasteiger partial charge in [-0.05, 0) is 18.4 Å². The Kier molecular flexibility index (Phi) is 4.35. The topological polar surface area (TPSA) is 84.0 Å². The summed E-state index contributed by atoms with van der Waals surface area (Å²) in [5.41, 5.74) is 1.61. The number of rotatable bonds is 3. The number of aromatic nitrogens is 2. The first-order chi connectivity index (χ1) is 11.1. The second-order valence-electron chi connectivity index (χ2n) is 4.94. The van der Waals surface area contributed by atoms with Crippen LogP contribution < -0.4 is 10.6 Å². The number of amides is 2. The molecule has 0 saturated carbocycles. The minimum atomic E-state index is -0.438. The number of fused-ring (bicyclic) bond motifs is 1. The molecule has 24 heavy (non-hydrogen) atoms. The fraction of sp³-hybridized carbons (Fsp3) is 0.0667. The summed E-state index contributed by atoms with van der Waals surface area (Å²) < 4.78 is 0. The molecule has 9 heteroatoms. The largest absolute Gasteiger partial charge is 0.335 e.